The molecular weight excluding hydrogens is 393 g/mol. The van der Waals surface area contributed by atoms with Crippen LogP contribution in [0.25, 0.3) is 0 Å². The molecule has 1 aromatic rings. The second-order valence-corrected chi connectivity index (χ2v) is 10.8. The molecule has 0 spiro atoms. The molecule has 29 heavy (non-hydrogen) atoms. The van der Waals surface area contributed by atoms with Gasteiger partial charge in [-0.15, -0.1) is 0 Å². The molecule has 1 N–H and O–H groups in total. The van der Waals surface area contributed by atoms with Gasteiger partial charge in [-0.25, -0.2) is 17.5 Å². The zero-order valence-electron chi connectivity index (χ0n) is 17.4. The van der Waals surface area contributed by atoms with Crippen LogP contribution in [0.4, 0.5) is 4.39 Å². The van der Waals surface area contributed by atoms with E-state index < -0.39 is 21.7 Å². The molecule has 0 atom stereocenters. The Balaban J connectivity index is 1.56. The molecule has 3 aliphatic rings. The minimum atomic E-state index is -3.74. The first-order valence-corrected chi connectivity index (χ1v) is 12.5. The van der Waals surface area contributed by atoms with Crippen molar-refractivity contribution in [2.24, 2.45) is 10.8 Å². The fraction of sp³-hybridized carbons (Fsp3) is 0.682. The summed E-state index contributed by atoms with van der Waals surface area (Å²) < 4.78 is 44.3. The number of halogens is 1. The van der Waals surface area contributed by atoms with Crippen LogP contribution in [-0.2, 0) is 10.0 Å². The second kappa shape index (κ2) is 8.62. The smallest absolute Gasteiger partial charge is 0.267 e. The van der Waals surface area contributed by atoms with Crippen LogP contribution in [0.3, 0.4) is 0 Å². The van der Waals surface area contributed by atoms with Gasteiger partial charge >= 0.3 is 0 Å². The Labute approximate surface area is 173 Å². The average Bonchev–Trinajstić information content (AvgIpc) is 2.67. The van der Waals surface area contributed by atoms with Gasteiger partial charge in [-0.1, -0.05) is 26.2 Å². The van der Waals surface area contributed by atoms with E-state index in [9.17, 15) is 17.6 Å². The topological polar surface area (TPSA) is 72.5 Å². The lowest BCUT2D eigenvalue weighted by Gasteiger charge is -2.53. The fourth-order valence-electron chi connectivity index (χ4n) is 4.91. The quantitative estimate of drug-likeness (QED) is 0.576. The maximum absolute atomic E-state index is 14.3. The Morgan fingerprint density at radius 1 is 1.10 bits per heavy atom. The molecule has 0 unspecified atom stereocenters. The number of rotatable bonds is 9. The molecule has 7 heteroatoms. The number of ether oxygens (including phenoxy) is 1. The molecule has 1 aromatic carbocycles. The standard InChI is InChI=1S/C22H32FNO4S/c1-3-4-5-8-21-9-12-22(13-10-21,14-11-21)16-28-17-6-7-18(19(23)15-17)20(25)24-29(2,26)27/h6-7,15H,3-5,8-14,16H2,1-2H3,(H,24,25). The van der Waals surface area contributed by atoms with Gasteiger partial charge in [-0.2, -0.15) is 0 Å². The molecule has 162 valence electrons. The summed E-state index contributed by atoms with van der Waals surface area (Å²) in [6.45, 7) is 2.81. The Morgan fingerprint density at radius 2 is 1.72 bits per heavy atom. The molecule has 0 aromatic heterocycles. The maximum Gasteiger partial charge on any atom is 0.267 e. The van der Waals surface area contributed by atoms with Crippen LogP contribution in [-0.4, -0.2) is 27.2 Å². The first kappa shape index (κ1) is 22.1. The SMILES string of the molecule is CCCCCC12CCC(COc3ccc(C(=O)NS(C)(=O)=O)c(F)c3)(CC1)CC2. The lowest BCUT2D eigenvalue weighted by atomic mass is 9.53. The van der Waals surface area contributed by atoms with Crippen molar-refractivity contribution in [3.8, 4) is 5.75 Å². The Bertz CT molecular complexity index is 828. The number of hydrogen-bond acceptors (Lipinski definition) is 4. The zero-order chi connectivity index (χ0) is 21.1. The molecule has 5 nitrogen and oxygen atoms in total. The lowest BCUT2D eigenvalue weighted by Crippen LogP contribution is -2.44. The van der Waals surface area contributed by atoms with Crippen LogP contribution in [0.2, 0.25) is 0 Å². The summed E-state index contributed by atoms with van der Waals surface area (Å²) in [6.07, 6.45) is 13.4. The maximum atomic E-state index is 14.3. The van der Waals surface area contributed by atoms with Crippen molar-refractivity contribution >= 4 is 15.9 Å². The van der Waals surface area contributed by atoms with E-state index >= 15 is 0 Å². The summed E-state index contributed by atoms with van der Waals surface area (Å²) in [5.74, 6) is -1.39. The van der Waals surface area contributed by atoms with Gasteiger partial charge in [0.25, 0.3) is 5.91 Å². The number of unbranched alkanes of at least 4 members (excludes halogenated alkanes) is 2. The second-order valence-electron chi connectivity index (χ2n) is 9.09. The van der Waals surface area contributed by atoms with Crippen molar-refractivity contribution in [3.05, 3.63) is 29.6 Å². The van der Waals surface area contributed by atoms with E-state index in [0.29, 0.717) is 17.8 Å². The molecule has 0 saturated heterocycles. The molecule has 4 rings (SSSR count). The van der Waals surface area contributed by atoms with Crippen LogP contribution in [0.1, 0.15) is 81.5 Å². The molecular formula is C22H32FNO4S. The van der Waals surface area contributed by atoms with Gasteiger partial charge in [-0.05, 0) is 62.5 Å². The highest BCUT2D eigenvalue weighted by atomic mass is 32.2. The Morgan fingerprint density at radius 3 is 2.28 bits per heavy atom. The Hall–Kier alpha value is -1.63. The zero-order valence-corrected chi connectivity index (χ0v) is 18.2. The predicted molar refractivity (Wildman–Crippen MR) is 111 cm³/mol. The van der Waals surface area contributed by atoms with E-state index in [1.165, 1.54) is 57.1 Å². The minimum absolute atomic E-state index is 0.176. The van der Waals surface area contributed by atoms with E-state index in [-0.39, 0.29) is 11.0 Å². The number of sulfonamides is 1. The molecule has 3 fully saturated rings. The number of carbonyl (C=O) groups is 1. The number of hydrogen-bond donors (Lipinski definition) is 1. The average molecular weight is 426 g/mol. The summed E-state index contributed by atoms with van der Waals surface area (Å²) in [4.78, 5) is 11.9. The first-order chi connectivity index (χ1) is 13.7. The summed E-state index contributed by atoms with van der Waals surface area (Å²) in [6, 6.07) is 3.95. The largest absolute Gasteiger partial charge is 0.493 e. The van der Waals surface area contributed by atoms with Crippen LogP contribution >= 0.6 is 0 Å². The highest BCUT2D eigenvalue weighted by Crippen LogP contribution is 2.58. The Kier molecular flexibility index (Phi) is 6.56. The normalized spacial score (nSPS) is 26.3. The molecule has 3 aliphatic carbocycles. The third-order valence-electron chi connectivity index (χ3n) is 6.88. The number of amides is 1. The van der Waals surface area contributed by atoms with Crippen molar-refractivity contribution < 1.29 is 22.3 Å². The monoisotopic (exact) mass is 425 g/mol. The van der Waals surface area contributed by atoms with E-state index in [2.05, 4.69) is 6.92 Å². The molecule has 3 saturated carbocycles. The molecule has 0 heterocycles. The summed E-state index contributed by atoms with van der Waals surface area (Å²) >= 11 is 0. The van der Waals surface area contributed by atoms with E-state index in [1.807, 2.05) is 0 Å². The van der Waals surface area contributed by atoms with Gasteiger partial charge < -0.3 is 4.74 Å². The summed E-state index contributed by atoms with van der Waals surface area (Å²) in [7, 11) is -3.74. The summed E-state index contributed by atoms with van der Waals surface area (Å²) in [5.41, 5.74) is 0.403. The van der Waals surface area contributed by atoms with Gasteiger partial charge in [0, 0.05) is 11.5 Å². The lowest BCUT2D eigenvalue weighted by molar-refractivity contribution is -0.0409. The number of nitrogens with one attached hydrogen (secondary N) is 1. The van der Waals surface area contributed by atoms with Gasteiger partial charge in [0.2, 0.25) is 10.0 Å². The minimum Gasteiger partial charge on any atom is -0.493 e. The molecule has 2 bridgehead atoms. The highest BCUT2D eigenvalue weighted by Gasteiger charge is 2.48. The number of carbonyl (C=O) groups excluding carboxylic acids is 1. The molecule has 0 aliphatic heterocycles. The van der Waals surface area contributed by atoms with Crippen molar-refractivity contribution in [2.45, 2.75) is 71.1 Å². The fourth-order valence-corrected chi connectivity index (χ4v) is 5.36. The van der Waals surface area contributed by atoms with Gasteiger partial charge in [0.1, 0.15) is 11.6 Å². The van der Waals surface area contributed by atoms with Crippen LogP contribution in [0, 0.1) is 16.6 Å². The van der Waals surface area contributed by atoms with Crippen LogP contribution in [0.15, 0.2) is 18.2 Å². The van der Waals surface area contributed by atoms with Crippen LogP contribution < -0.4 is 9.46 Å². The van der Waals surface area contributed by atoms with Crippen LogP contribution in [0.5, 0.6) is 5.75 Å². The molecule has 0 radical (unpaired) electrons. The third-order valence-corrected chi connectivity index (χ3v) is 7.43. The van der Waals surface area contributed by atoms with Gasteiger partial charge in [0.05, 0.1) is 18.4 Å². The number of fused-ring (bicyclic) bond motifs is 3. The van der Waals surface area contributed by atoms with Crippen molar-refractivity contribution in [3.63, 3.8) is 0 Å². The van der Waals surface area contributed by atoms with E-state index in [4.69, 9.17) is 4.74 Å². The molecule has 1 amide bonds. The highest BCUT2D eigenvalue weighted by molar-refractivity contribution is 7.89. The number of benzene rings is 1. The third kappa shape index (κ3) is 5.50. The van der Waals surface area contributed by atoms with Crippen molar-refractivity contribution in [1.82, 2.24) is 4.72 Å². The van der Waals surface area contributed by atoms with E-state index in [0.717, 1.165) is 31.6 Å². The predicted octanol–water partition coefficient (Wildman–Crippen LogP) is 4.81. The van der Waals surface area contributed by atoms with Crippen molar-refractivity contribution in [2.75, 3.05) is 12.9 Å². The van der Waals surface area contributed by atoms with E-state index in [1.54, 1.807) is 4.72 Å². The summed E-state index contributed by atoms with van der Waals surface area (Å²) in [5, 5.41) is 0. The van der Waals surface area contributed by atoms with Gasteiger partial charge in [-0.3, -0.25) is 4.79 Å². The van der Waals surface area contributed by atoms with Gasteiger partial charge in [0.15, 0.2) is 0 Å². The first-order valence-electron chi connectivity index (χ1n) is 10.6. The van der Waals surface area contributed by atoms with Crippen molar-refractivity contribution in [1.29, 1.82) is 0 Å².